The molecule has 1 aliphatic heterocycles. The van der Waals surface area contributed by atoms with E-state index < -0.39 is 0 Å². The van der Waals surface area contributed by atoms with Gasteiger partial charge in [-0.3, -0.25) is 4.90 Å². The van der Waals surface area contributed by atoms with Crippen LogP contribution in [0.3, 0.4) is 0 Å². The van der Waals surface area contributed by atoms with Gasteiger partial charge in [-0.15, -0.1) is 11.3 Å². The van der Waals surface area contributed by atoms with Crippen LogP contribution in [0.5, 0.6) is 11.5 Å². The molecule has 5 nitrogen and oxygen atoms in total. The Bertz CT molecular complexity index is 653. The van der Waals surface area contributed by atoms with Crippen molar-refractivity contribution in [2.75, 3.05) is 46.0 Å². The summed E-state index contributed by atoms with van der Waals surface area (Å²) in [4.78, 5) is 3.64. The lowest BCUT2D eigenvalue weighted by molar-refractivity contribution is -0.001000. The van der Waals surface area contributed by atoms with Gasteiger partial charge in [-0.1, -0.05) is 12.1 Å². The van der Waals surface area contributed by atoms with E-state index in [9.17, 15) is 0 Å². The first-order chi connectivity index (χ1) is 12.8. The van der Waals surface area contributed by atoms with Crippen LogP contribution in [0.4, 0.5) is 0 Å². The summed E-state index contributed by atoms with van der Waals surface area (Å²) in [5.41, 5.74) is 1.21. The second-order valence-electron chi connectivity index (χ2n) is 6.21. The fourth-order valence-corrected chi connectivity index (χ4v) is 3.50. The van der Waals surface area contributed by atoms with Crippen molar-refractivity contribution in [3.63, 3.8) is 0 Å². The van der Waals surface area contributed by atoms with Crippen LogP contribution >= 0.6 is 11.3 Å². The van der Waals surface area contributed by atoms with Crippen molar-refractivity contribution in [1.82, 2.24) is 10.2 Å². The normalized spacial score (nSPS) is 14.0. The molecule has 0 amide bonds. The predicted octanol–water partition coefficient (Wildman–Crippen LogP) is -2.84. The molecule has 0 spiro atoms. The summed E-state index contributed by atoms with van der Waals surface area (Å²) in [5.74, 6) is 1.62. The maximum atomic E-state index is 5.94. The average molecular weight is 447 g/mol. The lowest BCUT2D eigenvalue weighted by Crippen LogP contribution is -3.00. The number of hydrogen-bond acceptors (Lipinski definition) is 6. The smallest absolute Gasteiger partial charge is 0.161 e. The van der Waals surface area contributed by atoms with Gasteiger partial charge in [0.1, 0.15) is 6.61 Å². The van der Waals surface area contributed by atoms with Gasteiger partial charge in [-0.2, -0.15) is 0 Å². The number of benzene rings is 1. The number of nitrogens with one attached hydrogen (secondary N) is 1. The number of halogens is 2. The van der Waals surface area contributed by atoms with Gasteiger partial charge in [-0.05, 0) is 36.1 Å². The molecule has 1 N–H and O–H groups in total. The van der Waals surface area contributed by atoms with E-state index in [-0.39, 0.29) is 24.8 Å². The molecule has 0 atom stereocenters. The molecule has 1 saturated heterocycles. The van der Waals surface area contributed by atoms with Crippen molar-refractivity contribution in [3.8, 4) is 11.5 Å². The third-order valence-electron chi connectivity index (χ3n) is 4.30. The maximum Gasteiger partial charge on any atom is 0.161 e. The highest BCUT2D eigenvalue weighted by atomic mass is 35.5. The Hall–Kier alpha value is -1.02. The predicted molar refractivity (Wildman–Crippen MR) is 105 cm³/mol. The molecule has 0 unspecified atom stereocenters. The molecule has 28 heavy (non-hydrogen) atoms. The average Bonchev–Trinajstić information content (AvgIpc) is 3.19. The monoisotopic (exact) mass is 446 g/mol. The highest BCUT2D eigenvalue weighted by Crippen LogP contribution is 2.29. The Labute approximate surface area is 184 Å². The van der Waals surface area contributed by atoms with Gasteiger partial charge >= 0.3 is 0 Å². The first kappa shape index (κ1) is 25.0. The summed E-state index contributed by atoms with van der Waals surface area (Å²) in [6.07, 6.45) is 0. The molecule has 8 heteroatoms. The van der Waals surface area contributed by atoms with E-state index >= 15 is 0 Å². The third kappa shape index (κ3) is 8.15. The first-order valence-electron chi connectivity index (χ1n) is 9.27. The SMILES string of the molecule is CCOc1cc(CNCCN2CCOCC2)ccc1OCc1cccs1.[Cl-].[Cl-]. The fraction of sp³-hybridized carbons (Fsp3) is 0.500. The molecule has 0 saturated carbocycles. The highest BCUT2D eigenvalue weighted by molar-refractivity contribution is 7.09. The van der Waals surface area contributed by atoms with Crippen LogP contribution in [0.1, 0.15) is 17.4 Å². The van der Waals surface area contributed by atoms with Crippen LogP contribution in [0.25, 0.3) is 0 Å². The van der Waals surface area contributed by atoms with Gasteiger partial charge in [0.25, 0.3) is 0 Å². The molecular weight excluding hydrogens is 419 g/mol. The number of ether oxygens (including phenoxy) is 3. The van der Waals surface area contributed by atoms with Crippen LogP contribution in [-0.4, -0.2) is 50.9 Å². The minimum atomic E-state index is 0. The molecule has 1 aromatic carbocycles. The molecule has 3 rings (SSSR count). The summed E-state index contributed by atoms with van der Waals surface area (Å²) in [6, 6.07) is 10.3. The van der Waals surface area contributed by atoms with Gasteiger partial charge in [0.2, 0.25) is 0 Å². The van der Waals surface area contributed by atoms with Crippen LogP contribution in [0, 0.1) is 0 Å². The van der Waals surface area contributed by atoms with E-state index in [1.807, 2.05) is 19.1 Å². The van der Waals surface area contributed by atoms with E-state index in [4.69, 9.17) is 14.2 Å². The van der Waals surface area contributed by atoms with E-state index in [0.29, 0.717) is 13.2 Å². The van der Waals surface area contributed by atoms with Crippen LogP contribution < -0.4 is 39.6 Å². The van der Waals surface area contributed by atoms with Crippen LogP contribution in [0.2, 0.25) is 0 Å². The Morgan fingerprint density at radius 2 is 1.93 bits per heavy atom. The third-order valence-corrected chi connectivity index (χ3v) is 5.15. The second-order valence-corrected chi connectivity index (χ2v) is 7.25. The zero-order chi connectivity index (χ0) is 18.0. The quantitative estimate of drug-likeness (QED) is 0.398. The molecule has 0 aliphatic carbocycles. The molecule has 2 heterocycles. The molecule has 158 valence electrons. The zero-order valence-electron chi connectivity index (χ0n) is 16.2. The second kappa shape index (κ2) is 14.0. The summed E-state index contributed by atoms with van der Waals surface area (Å²) >= 11 is 1.70. The number of morpholine rings is 1. The molecule has 0 bridgehead atoms. The maximum absolute atomic E-state index is 5.94. The minimum absolute atomic E-state index is 0. The summed E-state index contributed by atoms with van der Waals surface area (Å²) in [7, 11) is 0. The number of nitrogens with zero attached hydrogens (tertiary/aromatic N) is 1. The van der Waals surface area contributed by atoms with Crippen molar-refractivity contribution >= 4 is 11.3 Å². The molecular formula is C20H28Cl2N2O3S-2. The Morgan fingerprint density at radius 3 is 2.64 bits per heavy atom. The van der Waals surface area contributed by atoms with Gasteiger partial charge in [0, 0.05) is 37.6 Å². The Balaban J connectivity index is 0.00000196. The Kier molecular flexibility index (Phi) is 12.5. The summed E-state index contributed by atoms with van der Waals surface area (Å²) < 4.78 is 17.1. The van der Waals surface area contributed by atoms with E-state index in [0.717, 1.165) is 57.4 Å². The molecule has 2 aromatic rings. The van der Waals surface area contributed by atoms with E-state index in [2.05, 4.69) is 33.8 Å². The molecule has 1 aromatic heterocycles. The Morgan fingerprint density at radius 1 is 1.11 bits per heavy atom. The van der Waals surface area contributed by atoms with Crippen molar-refractivity contribution in [2.24, 2.45) is 0 Å². The lowest BCUT2D eigenvalue weighted by atomic mass is 10.2. The van der Waals surface area contributed by atoms with Crippen molar-refractivity contribution in [3.05, 3.63) is 46.2 Å². The van der Waals surface area contributed by atoms with E-state index in [1.54, 1.807) is 11.3 Å². The molecule has 1 fully saturated rings. The molecule has 1 aliphatic rings. The first-order valence-corrected chi connectivity index (χ1v) is 10.1. The molecule has 0 radical (unpaired) electrons. The van der Waals surface area contributed by atoms with Gasteiger partial charge in [0.15, 0.2) is 11.5 Å². The van der Waals surface area contributed by atoms with E-state index in [1.165, 1.54) is 10.4 Å². The van der Waals surface area contributed by atoms with Crippen molar-refractivity contribution in [2.45, 2.75) is 20.1 Å². The topological polar surface area (TPSA) is 43.0 Å². The zero-order valence-corrected chi connectivity index (χ0v) is 18.5. The fourth-order valence-electron chi connectivity index (χ4n) is 2.89. The largest absolute Gasteiger partial charge is 1.00 e. The van der Waals surface area contributed by atoms with Gasteiger partial charge < -0.3 is 44.3 Å². The van der Waals surface area contributed by atoms with Crippen molar-refractivity contribution in [1.29, 1.82) is 0 Å². The summed E-state index contributed by atoms with van der Waals surface area (Å²) in [5, 5.41) is 5.58. The summed E-state index contributed by atoms with van der Waals surface area (Å²) in [6.45, 7) is 9.84. The number of rotatable bonds is 10. The van der Waals surface area contributed by atoms with Crippen molar-refractivity contribution < 1.29 is 39.0 Å². The standard InChI is InChI=1S/C20H28N2O3S.2ClH/c1-2-24-20-14-17(15-21-7-8-22-9-11-23-12-10-22)5-6-19(20)25-16-18-4-3-13-26-18;;/h3-6,13-14,21H,2,7-12,15-16H2,1H3;2*1H/p-2. The lowest BCUT2D eigenvalue weighted by Gasteiger charge is -2.26. The van der Waals surface area contributed by atoms with Crippen LogP contribution in [0.15, 0.2) is 35.7 Å². The number of hydrogen-bond donors (Lipinski definition) is 1. The highest BCUT2D eigenvalue weighted by Gasteiger charge is 2.10. The van der Waals surface area contributed by atoms with Gasteiger partial charge in [-0.25, -0.2) is 0 Å². The van der Waals surface area contributed by atoms with Gasteiger partial charge in [0.05, 0.1) is 19.8 Å². The number of thiophene rings is 1. The minimum Gasteiger partial charge on any atom is -1.00 e. The van der Waals surface area contributed by atoms with Crippen LogP contribution in [-0.2, 0) is 17.9 Å².